The minimum atomic E-state index is -0.387. The van der Waals surface area contributed by atoms with Gasteiger partial charge in [0.1, 0.15) is 0 Å². The highest BCUT2D eigenvalue weighted by molar-refractivity contribution is 5.94. The lowest BCUT2D eigenvalue weighted by Gasteiger charge is -2.10. The number of hydrogen-bond acceptors (Lipinski definition) is 4. The number of rotatable bonds is 8. The molecular weight excluding hydrogens is 320 g/mol. The van der Waals surface area contributed by atoms with Crippen molar-refractivity contribution in [1.82, 2.24) is 5.32 Å². The van der Waals surface area contributed by atoms with E-state index >= 15 is 0 Å². The fourth-order valence-electron chi connectivity index (χ4n) is 2.14. The van der Waals surface area contributed by atoms with Crippen LogP contribution in [0.3, 0.4) is 0 Å². The Bertz CT molecular complexity index is 714. The predicted molar refractivity (Wildman–Crippen MR) is 95.9 cm³/mol. The summed E-state index contributed by atoms with van der Waals surface area (Å²) >= 11 is 0. The van der Waals surface area contributed by atoms with E-state index in [9.17, 15) is 9.59 Å². The SMILES string of the molecule is CCc1ccc(NC(=O)CNC(=O)COc2ccccc2OC)cc1. The first kappa shape index (κ1) is 18.3. The number of hydrogen-bond donors (Lipinski definition) is 2. The third kappa shape index (κ3) is 5.84. The van der Waals surface area contributed by atoms with Crippen LogP contribution in [0.4, 0.5) is 5.69 Å². The van der Waals surface area contributed by atoms with Crippen molar-refractivity contribution in [3.63, 3.8) is 0 Å². The Kier molecular flexibility index (Phi) is 6.83. The van der Waals surface area contributed by atoms with E-state index < -0.39 is 0 Å². The Morgan fingerprint density at radius 3 is 2.28 bits per heavy atom. The van der Waals surface area contributed by atoms with Crippen LogP contribution in [0.2, 0.25) is 0 Å². The highest BCUT2D eigenvalue weighted by Gasteiger charge is 2.09. The third-order valence-corrected chi connectivity index (χ3v) is 3.52. The van der Waals surface area contributed by atoms with Crippen molar-refractivity contribution < 1.29 is 19.1 Å². The van der Waals surface area contributed by atoms with Crippen LogP contribution >= 0.6 is 0 Å². The van der Waals surface area contributed by atoms with Gasteiger partial charge in [-0.1, -0.05) is 31.2 Å². The van der Waals surface area contributed by atoms with Gasteiger partial charge >= 0.3 is 0 Å². The second-order valence-electron chi connectivity index (χ2n) is 5.31. The number of benzene rings is 2. The van der Waals surface area contributed by atoms with Gasteiger partial charge in [-0.15, -0.1) is 0 Å². The lowest BCUT2D eigenvalue weighted by Crippen LogP contribution is -2.35. The van der Waals surface area contributed by atoms with Crippen LogP contribution in [0.1, 0.15) is 12.5 Å². The first-order valence-corrected chi connectivity index (χ1v) is 8.03. The molecule has 2 aromatic rings. The summed E-state index contributed by atoms with van der Waals surface area (Å²) in [5.41, 5.74) is 1.89. The molecule has 0 aromatic heterocycles. The summed E-state index contributed by atoms with van der Waals surface area (Å²) in [6, 6.07) is 14.6. The molecule has 2 N–H and O–H groups in total. The van der Waals surface area contributed by atoms with Crippen LogP contribution in [0.15, 0.2) is 48.5 Å². The van der Waals surface area contributed by atoms with Gasteiger partial charge < -0.3 is 20.1 Å². The Morgan fingerprint density at radius 1 is 0.960 bits per heavy atom. The summed E-state index contributed by atoms with van der Waals surface area (Å²) < 4.78 is 10.5. The van der Waals surface area contributed by atoms with E-state index in [1.807, 2.05) is 30.3 Å². The van der Waals surface area contributed by atoms with E-state index in [-0.39, 0.29) is 25.0 Å². The second kappa shape index (κ2) is 9.32. The van der Waals surface area contributed by atoms with Gasteiger partial charge in [0.15, 0.2) is 18.1 Å². The Hall–Kier alpha value is -3.02. The van der Waals surface area contributed by atoms with E-state index in [1.165, 1.54) is 12.7 Å². The molecule has 0 bridgehead atoms. The molecule has 0 unspecified atom stereocenters. The average molecular weight is 342 g/mol. The number of carbonyl (C=O) groups is 2. The number of carbonyl (C=O) groups excluding carboxylic acids is 2. The highest BCUT2D eigenvalue weighted by atomic mass is 16.5. The molecule has 0 radical (unpaired) electrons. The standard InChI is InChI=1S/C19H22N2O4/c1-3-14-8-10-15(11-9-14)21-18(22)12-20-19(23)13-25-17-7-5-4-6-16(17)24-2/h4-11H,3,12-13H2,1-2H3,(H,20,23)(H,21,22). The topological polar surface area (TPSA) is 76.7 Å². The van der Waals surface area contributed by atoms with E-state index in [0.29, 0.717) is 17.2 Å². The van der Waals surface area contributed by atoms with Crippen LogP contribution in [0, 0.1) is 0 Å². The van der Waals surface area contributed by atoms with Crippen LogP contribution in [0.5, 0.6) is 11.5 Å². The van der Waals surface area contributed by atoms with Crippen molar-refractivity contribution in [3.8, 4) is 11.5 Å². The van der Waals surface area contributed by atoms with Gasteiger partial charge in [-0.25, -0.2) is 0 Å². The molecule has 0 aliphatic heterocycles. The molecule has 0 aliphatic rings. The molecule has 0 fully saturated rings. The summed E-state index contributed by atoms with van der Waals surface area (Å²) in [5, 5.41) is 5.24. The second-order valence-corrected chi connectivity index (χ2v) is 5.31. The smallest absolute Gasteiger partial charge is 0.258 e. The lowest BCUT2D eigenvalue weighted by molar-refractivity contribution is -0.125. The molecule has 0 spiro atoms. The number of para-hydroxylation sites is 2. The molecule has 0 saturated carbocycles. The molecule has 0 saturated heterocycles. The molecule has 0 atom stereocenters. The van der Waals surface area contributed by atoms with E-state index in [1.54, 1.807) is 18.2 Å². The molecule has 2 rings (SSSR count). The lowest BCUT2D eigenvalue weighted by atomic mass is 10.1. The molecule has 0 heterocycles. The Labute approximate surface area is 147 Å². The van der Waals surface area contributed by atoms with Crippen LogP contribution in [0.25, 0.3) is 0 Å². The normalized spacial score (nSPS) is 10.0. The van der Waals surface area contributed by atoms with E-state index in [2.05, 4.69) is 17.6 Å². The van der Waals surface area contributed by atoms with Crippen molar-refractivity contribution in [2.45, 2.75) is 13.3 Å². The summed E-state index contributed by atoms with van der Waals surface area (Å²) in [7, 11) is 1.53. The number of methoxy groups -OCH3 is 1. The van der Waals surface area contributed by atoms with Crippen molar-refractivity contribution in [2.24, 2.45) is 0 Å². The average Bonchev–Trinajstić information content (AvgIpc) is 2.65. The first-order chi connectivity index (χ1) is 12.1. The maximum Gasteiger partial charge on any atom is 0.258 e. The quantitative estimate of drug-likeness (QED) is 0.772. The zero-order valence-corrected chi connectivity index (χ0v) is 14.4. The van der Waals surface area contributed by atoms with Crippen LogP contribution in [-0.2, 0) is 16.0 Å². The highest BCUT2D eigenvalue weighted by Crippen LogP contribution is 2.25. The third-order valence-electron chi connectivity index (χ3n) is 3.52. The predicted octanol–water partition coefficient (Wildman–Crippen LogP) is 2.39. The number of anilines is 1. The molecule has 0 aliphatic carbocycles. The van der Waals surface area contributed by atoms with Crippen molar-refractivity contribution in [1.29, 1.82) is 0 Å². The summed E-state index contributed by atoms with van der Waals surface area (Å²) in [6.07, 6.45) is 0.941. The molecule has 25 heavy (non-hydrogen) atoms. The fourth-order valence-corrected chi connectivity index (χ4v) is 2.14. The largest absolute Gasteiger partial charge is 0.493 e. The van der Waals surface area contributed by atoms with Gasteiger partial charge in [0.2, 0.25) is 5.91 Å². The molecule has 6 nitrogen and oxygen atoms in total. The number of amides is 2. The summed E-state index contributed by atoms with van der Waals surface area (Å²) in [4.78, 5) is 23.7. The Balaban J connectivity index is 1.74. The van der Waals surface area contributed by atoms with Gasteiger partial charge in [-0.3, -0.25) is 9.59 Å². The molecule has 2 aromatic carbocycles. The minimum absolute atomic E-state index is 0.121. The van der Waals surface area contributed by atoms with Crippen molar-refractivity contribution in [3.05, 3.63) is 54.1 Å². The molecule has 132 valence electrons. The van der Waals surface area contributed by atoms with Gasteiger partial charge in [0, 0.05) is 5.69 Å². The van der Waals surface area contributed by atoms with Gasteiger partial charge in [-0.05, 0) is 36.2 Å². The monoisotopic (exact) mass is 342 g/mol. The van der Waals surface area contributed by atoms with Gasteiger partial charge in [0.25, 0.3) is 5.91 Å². The van der Waals surface area contributed by atoms with Crippen LogP contribution in [-0.4, -0.2) is 32.1 Å². The maximum absolute atomic E-state index is 11.9. The van der Waals surface area contributed by atoms with Gasteiger partial charge in [-0.2, -0.15) is 0 Å². The first-order valence-electron chi connectivity index (χ1n) is 8.03. The summed E-state index contributed by atoms with van der Waals surface area (Å²) in [6.45, 7) is 1.75. The molecule has 2 amide bonds. The number of aryl methyl sites for hydroxylation is 1. The zero-order valence-electron chi connectivity index (χ0n) is 14.4. The van der Waals surface area contributed by atoms with E-state index in [4.69, 9.17) is 9.47 Å². The fraction of sp³-hybridized carbons (Fsp3) is 0.263. The van der Waals surface area contributed by atoms with Gasteiger partial charge in [0.05, 0.1) is 13.7 Å². The van der Waals surface area contributed by atoms with Crippen molar-refractivity contribution >= 4 is 17.5 Å². The molecular formula is C19H22N2O4. The molecule has 6 heteroatoms. The number of nitrogens with one attached hydrogen (secondary N) is 2. The van der Waals surface area contributed by atoms with E-state index in [0.717, 1.165) is 6.42 Å². The van der Waals surface area contributed by atoms with Crippen molar-refractivity contribution in [2.75, 3.05) is 25.6 Å². The van der Waals surface area contributed by atoms with Crippen LogP contribution < -0.4 is 20.1 Å². The minimum Gasteiger partial charge on any atom is -0.493 e. The number of ether oxygens (including phenoxy) is 2. The Morgan fingerprint density at radius 2 is 1.64 bits per heavy atom. The zero-order chi connectivity index (χ0) is 18.1. The maximum atomic E-state index is 11.9. The summed E-state index contributed by atoms with van der Waals surface area (Å²) in [5.74, 6) is 0.335.